The molecule has 0 radical (unpaired) electrons. The van der Waals surface area contributed by atoms with Crippen molar-refractivity contribution < 1.29 is 0 Å². The highest BCUT2D eigenvalue weighted by Gasteiger charge is 2.55. The van der Waals surface area contributed by atoms with Gasteiger partial charge >= 0.3 is 0 Å². The minimum absolute atomic E-state index is 0.00997. The average Bonchev–Trinajstić information content (AvgIpc) is 3.95. The molecule has 9 aromatic carbocycles. The normalized spacial score (nSPS) is 14.2. The largest absolute Gasteiger partial charge is 0.310 e. The van der Waals surface area contributed by atoms with Crippen molar-refractivity contribution >= 4 is 66.6 Å². The molecule has 2 nitrogen and oxygen atoms in total. The highest BCUT2D eigenvalue weighted by molar-refractivity contribution is 7.01. The Kier molecular flexibility index (Phi) is 7.40. The Morgan fingerprint density at radius 1 is 0.441 bits per heavy atom. The summed E-state index contributed by atoms with van der Waals surface area (Å²) in [5.74, 6) is 0.706. The first-order chi connectivity index (χ1) is 33.0. The monoisotopic (exact) mass is 870 g/mol. The van der Waals surface area contributed by atoms with Crippen molar-refractivity contribution in [2.75, 3.05) is 0 Å². The SMILES string of the molecule is Cc1ccc(-c2c(-c3ccc(C)cc3)n3c4c(c5ccccc5cc24)B2c4c-3ccc3c4-n4c5c2cc(C(C)C)cc5c2cc(C(C)C)cc(c24)C32c3cc(C)ccc3-c3ccc(C)cc32)cc1. The van der Waals surface area contributed by atoms with Gasteiger partial charge < -0.3 is 9.13 Å². The molecule has 3 heteroatoms. The van der Waals surface area contributed by atoms with Crippen molar-refractivity contribution in [1.29, 1.82) is 0 Å². The third kappa shape index (κ3) is 4.56. The van der Waals surface area contributed by atoms with Gasteiger partial charge in [-0.15, -0.1) is 0 Å². The fraction of sp³-hybridized carbons (Fsp3) is 0.169. The second-order valence-electron chi connectivity index (χ2n) is 21.5. The van der Waals surface area contributed by atoms with Crippen LogP contribution in [0.15, 0.2) is 152 Å². The van der Waals surface area contributed by atoms with Gasteiger partial charge in [-0.1, -0.05) is 177 Å². The van der Waals surface area contributed by atoms with Crippen molar-refractivity contribution in [3.05, 3.63) is 207 Å². The number of aromatic nitrogens is 2. The average molecular weight is 871 g/mol. The van der Waals surface area contributed by atoms with Crippen molar-refractivity contribution in [3.8, 4) is 44.9 Å². The van der Waals surface area contributed by atoms with Crippen LogP contribution in [0.5, 0.6) is 0 Å². The van der Waals surface area contributed by atoms with Crippen molar-refractivity contribution in [2.24, 2.45) is 0 Å². The maximum Gasteiger partial charge on any atom is 0.253 e. The molecule has 15 rings (SSSR count). The molecule has 0 N–H and O–H groups in total. The van der Waals surface area contributed by atoms with Crippen LogP contribution in [-0.4, -0.2) is 15.8 Å². The zero-order valence-corrected chi connectivity index (χ0v) is 40.1. The lowest BCUT2D eigenvalue weighted by Gasteiger charge is -2.44. The van der Waals surface area contributed by atoms with Crippen LogP contribution in [0.1, 0.15) is 95.2 Å². The molecule has 4 aliphatic rings. The molecule has 68 heavy (non-hydrogen) atoms. The predicted molar refractivity (Wildman–Crippen MR) is 289 cm³/mol. The molecule has 1 spiro atoms. The third-order valence-corrected chi connectivity index (χ3v) is 16.8. The Morgan fingerprint density at radius 3 is 1.71 bits per heavy atom. The van der Waals surface area contributed by atoms with Crippen LogP contribution in [-0.2, 0) is 5.41 Å². The van der Waals surface area contributed by atoms with Crippen LogP contribution < -0.4 is 16.4 Å². The van der Waals surface area contributed by atoms with Gasteiger partial charge in [-0.3, -0.25) is 0 Å². The molecule has 0 saturated heterocycles. The fourth-order valence-corrected chi connectivity index (χ4v) is 13.8. The van der Waals surface area contributed by atoms with E-state index in [9.17, 15) is 0 Å². The van der Waals surface area contributed by atoms with E-state index in [2.05, 4.69) is 216 Å². The summed E-state index contributed by atoms with van der Waals surface area (Å²) in [5.41, 5.74) is 31.8. The van der Waals surface area contributed by atoms with Gasteiger partial charge in [-0.2, -0.15) is 0 Å². The quantitative estimate of drug-likeness (QED) is 0.156. The van der Waals surface area contributed by atoms with E-state index in [-0.39, 0.29) is 6.71 Å². The Hall–Kier alpha value is -7.36. The van der Waals surface area contributed by atoms with E-state index in [1.165, 1.54) is 160 Å². The molecular weight excluding hydrogens is 820 g/mol. The maximum atomic E-state index is 2.78. The fourth-order valence-electron chi connectivity index (χ4n) is 13.8. The number of aryl methyl sites for hydroxylation is 4. The smallest absolute Gasteiger partial charge is 0.253 e. The molecule has 0 bridgehead atoms. The van der Waals surface area contributed by atoms with E-state index in [1.807, 2.05) is 0 Å². The molecule has 0 saturated carbocycles. The minimum atomic E-state index is -0.540. The molecule has 0 amide bonds. The first-order valence-electron chi connectivity index (χ1n) is 24.8. The lowest BCUT2D eigenvalue weighted by molar-refractivity contribution is 0.742. The zero-order chi connectivity index (χ0) is 45.8. The first-order valence-corrected chi connectivity index (χ1v) is 24.8. The number of fused-ring (bicyclic) bond motifs is 13. The van der Waals surface area contributed by atoms with Gasteiger partial charge in [0.2, 0.25) is 0 Å². The summed E-state index contributed by atoms with van der Waals surface area (Å²) in [7, 11) is 0. The number of nitrogens with zero attached hydrogens (tertiary/aromatic N) is 2. The van der Waals surface area contributed by atoms with Crippen LogP contribution >= 0.6 is 0 Å². The summed E-state index contributed by atoms with van der Waals surface area (Å²) < 4.78 is 5.50. The summed E-state index contributed by atoms with van der Waals surface area (Å²) >= 11 is 0. The van der Waals surface area contributed by atoms with Gasteiger partial charge in [0.25, 0.3) is 6.71 Å². The Bertz CT molecular complexity index is 4060. The summed E-state index contributed by atoms with van der Waals surface area (Å²) in [4.78, 5) is 0. The summed E-state index contributed by atoms with van der Waals surface area (Å²) in [5, 5.41) is 6.70. The van der Waals surface area contributed by atoms with E-state index in [0.29, 0.717) is 11.8 Å². The lowest BCUT2D eigenvalue weighted by Crippen LogP contribution is -2.60. The Balaban J connectivity index is 1.23. The van der Waals surface area contributed by atoms with Crippen LogP contribution in [0.3, 0.4) is 0 Å². The topological polar surface area (TPSA) is 9.86 Å². The van der Waals surface area contributed by atoms with E-state index >= 15 is 0 Å². The molecule has 3 aliphatic heterocycles. The van der Waals surface area contributed by atoms with Gasteiger partial charge in [-0.05, 0) is 147 Å². The molecule has 0 fully saturated rings. The van der Waals surface area contributed by atoms with E-state index in [1.54, 1.807) is 0 Å². The van der Waals surface area contributed by atoms with Crippen molar-refractivity contribution in [1.82, 2.24) is 9.13 Å². The third-order valence-electron chi connectivity index (χ3n) is 16.8. The zero-order valence-electron chi connectivity index (χ0n) is 40.1. The summed E-state index contributed by atoms with van der Waals surface area (Å²) in [6.45, 7) is 18.5. The molecule has 0 unspecified atom stereocenters. The van der Waals surface area contributed by atoms with Gasteiger partial charge in [0.1, 0.15) is 0 Å². The van der Waals surface area contributed by atoms with E-state index in [4.69, 9.17) is 0 Å². The van der Waals surface area contributed by atoms with Gasteiger partial charge in [0.05, 0.1) is 22.1 Å². The predicted octanol–water partition coefficient (Wildman–Crippen LogP) is 14.5. The molecule has 11 aromatic rings. The van der Waals surface area contributed by atoms with Gasteiger partial charge in [-0.25, -0.2) is 0 Å². The van der Waals surface area contributed by atoms with E-state index < -0.39 is 5.41 Å². The molecule has 324 valence electrons. The molecule has 5 heterocycles. The van der Waals surface area contributed by atoms with E-state index in [0.717, 1.165) is 0 Å². The number of benzene rings is 9. The van der Waals surface area contributed by atoms with Crippen LogP contribution in [0.25, 0.3) is 88.4 Å². The summed E-state index contributed by atoms with van der Waals surface area (Å²) in [6.07, 6.45) is 0. The molecule has 0 atom stereocenters. The van der Waals surface area contributed by atoms with Crippen LogP contribution in [0, 0.1) is 27.7 Å². The second kappa shape index (κ2) is 13.0. The van der Waals surface area contributed by atoms with Crippen LogP contribution in [0.2, 0.25) is 0 Å². The molecular formula is C65H51BN2. The lowest BCUT2D eigenvalue weighted by atomic mass is 9.33. The second-order valence-corrected chi connectivity index (χ2v) is 21.5. The highest BCUT2D eigenvalue weighted by atomic mass is 15.1. The maximum absolute atomic E-state index is 2.78. The van der Waals surface area contributed by atoms with Gasteiger partial charge in [0.15, 0.2) is 0 Å². The van der Waals surface area contributed by atoms with Crippen molar-refractivity contribution in [2.45, 2.75) is 72.6 Å². The summed E-state index contributed by atoms with van der Waals surface area (Å²) in [6, 6.07) is 60.4. The minimum Gasteiger partial charge on any atom is -0.310 e. The Labute approximate surface area is 398 Å². The first kappa shape index (κ1) is 38.7. The van der Waals surface area contributed by atoms with Gasteiger partial charge in [0, 0.05) is 38.6 Å². The molecule has 1 aliphatic carbocycles. The Morgan fingerprint density at radius 2 is 1.04 bits per heavy atom. The van der Waals surface area contributed by atoms with Crippen LogP contribution in [0.4, 0.5) is 0 Å². The number of hydrogen-bond acceptors (Lipinski definition) is 0. The number of rotatable bonds is 4. The number of hydrogen-bond donors (Lipinski definition) is 0. The molecule has 2 aromatic heterocycles. The highest BCUT2D eigenvalue weighted by Crippen LogP contribution is 2.62. The van der Waals surface area contributed by atoms with Crippen molar-refractivity contribution in [3.63, 3.8) is 0 Å². The standard InChI is InChI=1S/C65H51BN2/c1-34(2)43-30-48-49-31-44(35(3)4)33-55-62(49)68-61(48)54(32-43)65(52-27-38(7)17-23-46(52)47-24-18-39(8)28-53(47)65)51-25-26-56-59(64(51)68)66(55)58-45-12-10-9-11-42(45)29-50-57(40-19-13-36(5)14-20-40)60(67(56)63(50)58)41-21-15-37(6)16-22-41/h9-35H,1-8H3.